The molecule has 1 aromatic carbocycles. The molecule has 1 rings (SSSR count). The van der Waals surface area contributed by atoms with Gasteiger partial charge in [0.2, 0.25) is 0 Å². The average molecular weight is 280 g/mol. The van der Waals surface area contributed by atoms with E-state index in [1.54, 1.807) is 25.3 Å². The van der Waals surface area contributed by atoms with Gasteiger partial charge in [-0.15, -0.1) is 0 Å². The molecular weight excluding hydrogens is 260 g/mol. The largest absolute Gasteiger partial charge is 0.493 e. The lowest BCUT2D eigenvalue weighted by Gasteiger charge is -2.11. The second kappa shape index (κ2) is 8.98. The molecule has 0 amide bonds. The zero-order chi connectivity index (χ0) is 14.8. The number of carboxylic acids is 1. The third-order valence-electron chi connectivity index (χ3n) is 2.44. The normalized spacial score (nSPS) is 10.7. The van der Waals surface area contributed by atoms with Crippen molar-refractivity contribution in [3.8, 4) is 11.5 Å². The monoisotopic (exact) mass is 280 g/mol. The summed E-state index contributed by atoms with van der Waals surface area (Å²) in [4.78, 5) is 10.5. The molecule has 5 nitrogen and oxygen atoms in total. The Bertz CT molecular complexity index is 454. The first-order valence-corrected chi connectivity index (χ1v) is 6.47. The van der Waals surface area contributed by atoms with Crippen LogP contribution in [0.3, 0.4) is 0 Å². The molecule has 0 aliphatic carbocycles. The van der Waals surface area contributed by atoms with Crippen LogP contribution in [0.5, 0.6) is 11.5 Å². The van der Waals surface area contributed by atoms with E-state index in [-0.39, 0.29) is 0 Å². The van der Waals surface area contributed by atoms with Crippen LogP contribution in [-0.2, 0) is 9.53 Å². The second-order valence-electron chi connectivity index (χ2n) is 4.04. The summed E-state index contributed by atoms with van der Waals surface area (Å²) in [6.45, 7) is 3.68. The first-order chi connectivity index (χ1) is 9.67. The van der Waals surface area contributed by atoms with Crippen LogP contribution < -0.4 is 9.47 Å². The van der Waals surface area contributed by atoms with E-state index in [4.69, 9.17) is 19.3 Å². The quantitative estimate of drug-likeness (QED) is 0.556. The van der Waals surface area contributed by atoms with E-state index in [9.17, 15) is 4.79 Å². The van der Waals surface area contributed by atoms with Gasteiger partial charge >= 0.3 is 5.97 Å². The Morgan fingerprint density at radius 1 is 1.25 bits per heavy atom. The van der Waals surface area contributed by atoms with E-state index in [0.717, 1.165) is 18.1 Å². The van der Waals surface area contributed by atoms with Crippen LogP contribution in [0.1, 0.15) is 18.9 Å². The summed E-state index contributed by atoms with van der Waals surface area (Å²) in [6, 6.07) is 5.24. The summed E-state index contributed by atoms with van der Waals surface area (Å²) in [5, 5.41) is 8.61. The van der Waals surface area contributed by atoms with Crippen LogP contribution in [-0.4, -0.2) is 38.0 Å². The SMILES string of the molecule is CCCOCCOc1cc(/C=C/C(=O)O)ccc1OC. The Morgan fingerprint density at radius 2 is 2.05 bits per heavy atom. The number of hydrogen-bond donors (Lipinski definition) is 1. The fourth-order valence-electron chi connectivity index (χ4n) is 1.53. The maximum absolute atomic E-state index is 10.5. The van der Waals surface area contributed by atoms with E-state index >= 15 is 0 Å². The molecule has 0 aliphatic heterocycles. The fraction of sp³-hybridized carbons (Fsp3) is 0.400. The van der Waals surface area contributed by atoms with Crippen molar-refractivity contribution < 1.29 is 24.1 Å². The Kier molecular flexibility index (Phi) is 7.21. The molecule has 1 aromatic rings. The molecule has 0 aromatic heterocycles. The van der Waals surface area contributed by atoms with Crippen molar-refractivity contribution in [3.05, 3.63) is 29.8 Å². The maximum atomic E-state index is 10.5. The molecule has 0 saturated heterocycles. The van der Waals surface area contributed by atoms with Gasteiger partial charge in [0.1, 0.15) is 6.61 Å². The van der Waals surface area contributed by atoms with E-state index in [0.29, 0.717) is 31.3 Å². The highest BCUT2D eigenvalue weighted by molar-refractivity contribution is 5.85. The third-order valence-corrected chi connectivity index (χ3v) is 2.44. The van der Waals surface area contributed by atoms with E-state index in [2.05, 4.69) is 0 Å². The number of methoxy groups -OCH3 is 1. The van der Waals surface area contributed by atoms with Gasteiger partial charge in [-0.2, -0.15) is 0 Å². The highest BCUT2D eigenvalue weighted by atomic mass is 16.5. The lowest BCUT2D eigenvalue weighted by atomic mass is 10.2. The van der Waals surface area contributed by atoms with Gasteiger partial charge in [-0.25, -0.2) is 4.79 Å². The molecule has 0 heterocycles. The minimum absolute atomic E-state index is 0.419. The Labute approximate surface area is 118 Å². The van der Waals surface area contributed by atoms with E-state index < -0.39 is 5.97 Å². The molecule has 0 bridgehead atoms. The van der Waals surface area contributed by atoms with Crippen molar-refractivity contribution in [1.29, 1.82) is 0 Å². The van der Waals surface area contributed by atoms with Crippen LogP contribution in [0.2, 0.25) is 0 Å². The molecule has 110 valence electrons. The maximum Gasteiger partial charge on any atom is 0.328 e. The van der Waals surface area contributed by atoms with Gasteiger partial charge in [0.05, 0.1) is 13.7 Å². The minimum atomic E-state index is -0.990. The van der Waals surface area contributed by atoms with Gasteiger partial charge in [0, 0.05) is 12.7 Å². The topological polar surface area (TPSA) is 65.0 Å². The second-order valence-corrected chi connectivity index (χ2v) is 4.04. The molecular formula is C15H20O5. The van der Waals surface area contributed by atoms with Gasteiger partial charge in [0.25, 0.3) is 0 Å². The van der Waals surface area contributed by atoms with Gasteiger partial charge in [-0.05, 0) is 30.2 Å². The molecule has 0 fully saturated rings. The van der Waals surface area contributed by atoms with Gasteiger partial charge < -0.3 is 19.3 Å². The predicted octanol–water partition coefficient (Wildman–Crippen LogP) is 2.60. The average Bonchev–Trinajstić information content (AvgIpc) is 2.45. The number of rotatable bonds is 9. The molecule has 0 saturated carbocycles. The van der Waals surface area contributed by atoms with Crippen molar-refractivity contribution in [2.75, 3.05) is 26.9 Å². The van der Waals surface area contributed by atoms with Crippen LogP contribution in [0.25, 0.3) is 6.08 Å². The summed E-state index contributed by atoms with van der Waals surface area (Å²) in [5.74, 6) is 0.185. The highest BCUT2D eigenvalue weighted by Gasteiger charge is 2.05. The van der Waals surface area contributed by atoms with Crippen LogP contribution in [0, 0.1) is 0 Å². The summed E-state index contributed by atoms with van der Waals surface area (Å²) >= 11 is 0. The van der Waals surface area contributed by atoms with Crippen LogP contribution >= 0.6 is 0 Å². The summed E-state index contributed by atoms with van der Waals surface area (Å²) in [6.07, 6.45) is 3.55. The van der Waals surface area contributed by atoms with Gasteiger partial charge in [-0.3, -0.25) is 0 Å². The molecule has 5 heteroatoms. The first kappa shape index (κ1) is 16.0. The number of benzene rings is 1. The Balaban J connectivity index is 2.66. The number of carbonyl (C=O) groups is 1. The van der Waals surface area contributed by atoms with Gasteiger partial charge in [-0.1, -0.05) is 13.0 Å². The summed E-state index contributed by atoms with van der Waals surface area (Å²) in [7, 11) is 1.56. The lowest BCUT2D eigenvalue weighted by Crippen LogP contribution is -2.07. The zero-order valence-electron chi connectivity index (χ0n) is 11.8. The molecule has 0 spiro atoms. The van der Waals surface area contributed by atoms with Crippen molar-refractivity contribution in [2.45, 2.75) is 13.3 Å². The van der Waals surface area contributed by atoms with Crippen molar-refractivity contribution in [2.24, 2.45) is 0 Å². The number of carboxylic acid groups (broad SMARTS) is 1. The summed E-state index contributed by atoms with van der Waals surface area (Å²) < 4.78 is 16.1. The highest BCUT2D eigenvalue weighted by Crippen LogP contribution is 2.28. The van der Waals surface area contributed by atoms with Crippen molar-refractivity contribution >= 4 is 12.0 Å². The van der Waals surface area contributed by atoms with Crippen LogP contribution in [0.15, 0.2) is 24.3 Å². The number of hydrogen-bond acceptors (Lipinski definition) is 4. The van der Waals surface area contributed by atoms with E-state index in [1.165, 1.54) is 6.08 Å². The fourth-order valence-corrected chi connectivity index (χ4v) is 1.53. The number of aliphatic carboxylic acids is 1. The van der Waals surface area contributed by atoms with E-state index in [1.807, 2.05) is 6.92 Å². The molecule has 0 aliphatic rings. The Hall–Kier alpha value is -2.01. The molecule has 1 N–H and O–H groups in total. The smallest absolute Gasteiger partial charge is 0.328 e. The molecule has 0 unspecified atom stereocenters. The Morgan fingerprint density at radius 3 is 2.70 bits per heavy atom. The van der Waals surface area contributed by atoms with Crippen LogP contribution in [0.4, 0.5) is 0 Å². The molecule has 0 atom stereocenters. The van der Waals surface area contributed by atoms with Crippen molar-refractivity contribution in [1.82, 2.24) is 0 Å². The summed E-state index contributed by atoms with van der Waals surface area (Å²) in [5.41, 5.74) is 0.734. The van der Waals surface area contributed by atoms with Crippen molar-refractivity contribution in [3.63, 3.8) is 0 Å². The first-order valence-electron chi connectivity index (χ1n) is 6.47. The lowest BCUT2D eigenvalue weighted by molar-refractivity contribution is -0.131. The van der Waals surface area contributed by atoms with Gasteiger partial charge in [0.15, 0.2) is 11.5 Å². The molecule has 0 radical (unpaired) electrons. The zero-order valence-corrected chi connectivity index (χ0v) is 11.8. The third kappa shape index (κ3) is 5.75. The standard InChI is InChI=1S/C15H20O5/c1-3-8-19-9-10-20-14-11-12(5-7-15(16)17)4-6-13(14)18-2/h4-7,11H,3,8-10H2,1-2H3,(H,16,17)/b7-5+. The molecule has 20 heavy (non-hydrogen) atoms. The predicted molar refractivity (Wildman–Crippen MR) is 76.3 cm³/mol. The number of ether oxygens (including phenoxy) is 3. The minimum Gasteiger partial charge on any atom is -0.493 e.